The van der Waals surface area contributed by atoms with Gasteiger partial charge in [0.05, 0.1) is 17.7 Å². The lowest BCUT2D eigenvalue weighted by Crippen LogP contribution is -2.29. The molecule has 0 unspecified atom stereocenters. The van der Waals surface area contributed by atoms with Crippen LogP contribution in [0.15, 0.2) is 48.5 Å². The van der Waals surface area contributed by atoms with Crippen molar-refractivity contribution < 1.29 is 14.4 Å². The summed E-state index contributed by atoms with van der Waals surface area (Å²) in [6, 6.07) is 14.0. The van der Waals surface area contributed by atoms with Gasteiger partial charge in [-0.05, 0) is 43.1 Å². The number of fused-ring (bicyclic) bond motifs is 1. The van der Waals surface area contributed by atoms with Crippen molar-refractivity contribution in [1.29, 1.82) is 0 Å². The second kappa shape index (κ2) is 7.93. The molecule has 0 spiro atoms. The highest BCUT2D eigenvalue weighted by Gasteiger charge is 2.35. The third-order valence-corrected chi connectivity index (χ3v) is 4.33. The highest BCUT2D eigenvalue weighted by atomic mass is 16.2. The van der Waals surface area contributed by atoms with E-state index in [1.807, 2.05) is 30.3 Å². The number of carbonyl (C=O) groups is 3. The number of hydrogen-bond donors (Lipinski definition) is 2. The number of carbonyl (C=O) groups excluding carboxylic acids is 3. The predicted molar refractivity (Wildman–Crippen MR) is 97.7 cm³/mol. The molecule has 0 aliphatic carbocycles. The lowest BCUT2D eigenvalue weighted by Gasteiger charge is -2.13. The topological polar surface area (TPSA) is 92.5 Å². The molecule has 2 aromatic carbocycles. The van der Waals surface area contributed by atoms with Crippen molar-refractivity contribution in [2.24, 2.45) is 5.73 Å². The number of benzene rings is 2. The van der Waals surface area contributed by atoms with Crippen LogP contribution < -0.4 is 11.1 Å². The van der Waals surface area contributed by atoms with Gasteiger partial charge in [-0.15, -0.1) is 0 Å². The Morgan fingerprint density at radius 2 is 1.69 bits per heavy atom. The first kappa shape index (κ1) is 17.8. The molecule has 0 bridgehead atoms. The molecule has 3 amide bonds. The molecule has 1 aliphatic heterocycles. The van der Waals surface area contributed by atoms with Gasteiger partial charge in [-0.1, -0.05) is 30.3 Å². The lowest BCUT2D eigenvalue weighted by molar-refractivity contribution is 0.0642. The summed E-state index contributed by atoms with van der Waals surface area (Å²) >= 11 is 0. The summed E-state index contributed by atoms with van der Waals surface area (Å²) in [6.45, 7) is 1.33. The van der Waals surface area contributed by atoms with Gasteiger partial charge in [0.2, 0.25) is 0 Å². The van der Waals surface area contributed by atoms with E-state index in [0.29, 0.717) is 24.2 Å². The smallest absolute Gasteiger partial charge is 0.261 e. The van der Waals surface area contributed by atoms with Crippen LogP contribution in [0.3, 0.4) is 0 Å². The van der Waals surface area contributed by atoms with Gasteiger partial charge in [-0.25, -0.2) is 0 Å². The van der Waals surface area contributed by atoms with E-state index in [4.69, 9.17) is 5.73 Å². The molecule has 2 aromatic rings. The number of rotatable bonds is 7. The van der Waals surface area contributed by atoms with Gasteiger partial charge >= 0.3 is 0 Å². The molecule has 0 atom stereocenters. The molecule has 3 N–H and O–H groups in total. The number of nitrogens with zero attached hydrogens (tertiary/aromatic N) is 1. The summed E-state index contributed by atoms with van der Waals surface area (Å²) in [7, 11) is 0. The molecule has 0 saturated heterocycles. The van der Waals surface area contributed by atoms with Crippen LogP contribution in [-0.2, 0) is 6.54 Å². The molecule has 0 fully saturated rings. The highest BCUT2D eigenvalue weighted by Crippen LogP contribution is 2.25. The van der Waals surface area contributed by atoms with Gasteiger partial charge in [0, 0.05) is 12.1 Å². The molecule has 0 saturated carbocycles. The van der Waals surface area contributed by atoms with E-state index in [0.717, 1.165) is 18.4 Å². The number of nitrogens with two attached hydrogens (primary N) is 1. The van der Waals surface area contributed by atoms with Crippen LogP contribution in [-0.4, -0.2) is 35.7 Å². The van der Waals surface area contributed by atoms with Crippen molar-refractivity contribution in [3.63, 3.8) is 0 Å². The Kier molecular flexibility index (Phi) is 5.43. The monoisotopic (exact) mass is 351 g/mol. The zero-order chi connectivity index (χ0) is 18.5. The first-order valence-electron chi connectivity index (χ1n) is 8.64. The second-order valence-electron chi connectivity index (χ2n) is 6.19. The molecule has 1 aliphatic rings. The standard InChI is InChI=1S/C20H21N3O3/c21-10-4-5-11-22-18(24)15-8-9-16-17(12-15)20(26)23(19(16)25)13-14-6-2-1-3-7-14/h1-3,6-9,12H,4-5,10-11,13,21H2,(H,22,24). The summed E-state index contributed by atoms with van der Waals surface area (Å²) < 4.78 is 0. The van der Waals surface area contributed by atoms with Gasteiger partial charge < -0.3 is 11.1 Å². The van der Waals surface area contributed by atoms with Crippen molar-refractivity contribution in [3.8, 4) is 0 Å². The zero-order valence-corrected chi connectivity index (χ0v) is 14.4. The Labute approximate surface area is 152 Å². The largest absolute Gasteiger partial charge is 0.352 e. The normalized spacial score (nSPS) is 13.0. The first-order chi connectivity index (χ1) is 12.6. The van der Waals surface area contributed by atoms with Crippen molar-refractivity contribution >= 4 is 17.7 Å². The molecule has 134 valence electrons. The average molecular weight is 351 g/mol. The van der Waals surface area contributed by atoms with E-state index in [1.54, 1.807) is 12.1 Å². The molecule has 0 radical (unpaired) electrons. The molecule has 26 heavy (non-hydrogen) atoms. The Hall–Kier alpha value is -2.99. The maximum Gasteiger partial charge on any atom is 0.261 e. The Bertz CT molecular complexity index is 833. The molecule has 1 heterocycles. The first-order valence-corrected chi connectivity index (χ1v) is 8.64. The fourth-order valence-corrected chi connectivity index (χ4v) is 2.91. The fraction of sp³-hybridized carbons (Fsp3) is 0.250. The van der Waals surface area contributed by atoms with Gasteiger partial charge in [0.25, 0.3) is 17.7 Å². The minimum Gasteiger partial charge on any atom is -0.352 e. The molecule has 6 heteroatoms. The van der Waals surface area contributed by atoms with Gasteiger partial charge in [0.15, 0.2) is 0 Å². The van der Waals surface area contributed by atoms with Crippen molar-refractivity contribution in [3.05, 3.63) is 70.8 Å². The number of imide groups is 1. The molecule has 6 nitrogen and oxygen atoms in total. The maximum absolute atomic E-state index is 12.6. The van der Waals surface area contributed by atoms with Gasteiger partial charge in [-0.3, -0.25) is 19.3 Å². The average Bonchev–Trinajstić information content (AvgIpc) is 2.90. The van der Waals surface area contributed by atoms with Crippen molar-refractivity contribution in [1.82, 2.24) is 10.2 Å². The third-order valence-electron chi connectivity index (χ3n) is 4.33. The van der Waals surface area contributed by atoms with Crippen LogP contribution in [0.5, 0.6) is 0 Å². The highest BCUT2D eigenvalue weighted by molar-refractivity contribution is 6.22. The second-order valence-corrected chi connectivity index (χ2v) is 6.19. The Balaban J connectivity index is 1.74. The van der Waals surface area contributed by atoms with E-state index >= 15 is 0 Å². The van der Waals surface area contributed by atoms with Crippen LogP contribution in [0.2, 0.25) is 0 Å². The molecular weight excluding hydrogens is 330 g/mol. The zero-order valence-electron chi connectivity index (χ0n) is 14.4. The Morgan fingerprint density at radius 3 is 2.42 bits per heavy atom. The lowest BCUT2D eigenvalue weighted by atomic mass is 10.1. The Morgan fingerprint density at radius 1 is 0.962 bits per heavy atom. The summed E-state index contributed by atoms with van der Waals surface area (Å²) in [4.78, 5) is 38.6. The number of unbranched alkanes of at least 4 members (excludes halogenated alkanes) is 1. The molecule has 0 aromatic heterocycles. The number of hydrogen-bond acceptors (Lipinski definition) is 4. The van der Waals surface area contributed by atoms with E-state index in [1.165, 1.54) is 11.0 Å². The molecular formula is C20H21N3O3. The van der Waals surface area contributed by atoms with Crippen LogP contribution >= 0.6 is 0 Å². The van der Waals surface area contributed by atoms with Crippen LogP contribution in [0.4, 0.5) is 0 Å². The van der Waals surface area contributed by atoms with Crippen LogP contribution in [0, 0.1) is 0 Å². The number of nitrogens with one attached hydrogen (secondary N) is 1. The van der Waals surface area contributed by atoms with Crippen molar-refractivity contribution in [2.45, 2.75) is 19.4 Å². The van der Waals surface area contributed by atoms with Crippen LogP contribution in [0.1, 0.15) is 49.5 Å². The summed E-state index contributed by atoms with van der Waals surface area (Å²) in [5.74, 6) is -0.957. The third kappa shape index (κ3) is 3.65. The molecule has 3 rings (SSSR count). The van der Waals surface area contributed by atoms with E-state index in [2.05, 4.69) is 5.32 Å². The van der Waals surface area contributed by atoms with Crippen LogP contribution in [0.25, 0.3) is 0 Å². The maximum atomic E-state index is 12.6. The van der Waals surface area contributed by atoms with Gasteiger partial charge in [-0.2, -0.15) is 0 Å². The van der Waals surface area contributed by atoms with E-state index in [9.17, 15) is 14.4 Å². The SMILES string of the molecule is NCCCCNC(=O)c1ccc2c(c1)C(=O)N(Cc1ccccc1)C2=O. The summed E-state index contributed by atoms with van der Waals surface area (Å²) in [6.07, 6.45) is 1.64. The van der Waals surface area contributed by atoms with E-state index < -0.39 is 0 Å². The minimum atomic E-state index is -0.369. The minimum absolute atomic E-state index is 0.216. The summed E-state index contributed by atoms with van der Waals surface area (Å²) in [5, 5.41) is 2.80. The van der Waals surface area contributed by atoms with Crippen molar-refractivity contribution in [2.75, 3.05) is 13.1 Å². The van der Waals surface area contributed by atoms with E-state index in [-0.39, 0.29) is 29.8 Å². The fourth-order valence-electron chi connectivity index (χ4n) is 2.91. The quantitative estimate of drug-likeness (QED) is 0.589. The summed E-state index contributed by atoms with van der Waals surface area (Å²) in [5.41, 5.74) is 7.29. The predicted octanol–water partition coefficient (Wildman–Crippen LogP) is 1.95. The van der Waals surface area contributed by atoms with Gasteiger partial charge in [0.1, 0.15) is 0 Å². The number of amides is 3.